The van der Waals surface area contributed by atoms with Gasteiger partial charge in [0.25, 0.3) is 5.91 Å². The van der Waals surface area contributed by atoms with Gasteiger partial charge in [0.2, 0.25) is 5.95 Å². The summed E-state index contributed by atoms with van der Waals surface area (Å²) < 4.78 is 5.08. The molecule has 0 spiro atoms. The molecule has 0 N–H and O–H groups in total. The molecule has 0 saturated carbocycles. The number of nitrogens with zero attached hydrogens (tertiary/aromatic N) is 4. The van der Waals surface area contributed by atoms with Gasteiger partial charge in [0, 0.05) is 43.4 Å². The lowest BCUT2D eigenvalue weighted by Crippen LogP contribution is -2.50. The number of carbonyl (C=O) groups excluding carboxylic acids is 2. The predicted octanol–water partition coefficient (Wildman–Crippen LogP) is 0.973. The normalized spacial score (nSPS) is 14.5. The highest BCUT2D eigenvalue weighted by Crippen LogP contribution is 2.11. The zero-order valence-electron chi connectivity index (χ0n) is 13.1. The molecule has 2 aromatic rings. The third-order valence-corrected chi connectivity index (χ3v) is 4.60. The lowest BCUT2D eigenvalue weighted by molar-refractivity contribution is -0.151. The van der Waals surface area contributed by atoms with E-state index in [9.17, 15) is 9.59 Å². The molecule has 3 rings (SSSR count). The minimum absolute atomic E-state index is 0.164. The third kappa shape index (κ3) is 4.29. The van der Waals surface area contributed by atoms with Crippen molar-refractivity contribution in [1.29, 1.82) is 0 Å². The van der Waals surface area contributed by atoms with E-state index in [0.717, 1.165) is 4.88 Å². The van der Waals surface area contributed by atoms with Gasteiger partial charge >= 0.3 is 5.97 Å². The Bertz CT molecular complexity index is 670. The van der Waals surface area contributed by atoms with Crippen LogP contribution in [0.5, 0.6) is 0 Å². The van der Waals surface area contributed by atoms with Crippen LogP contribution in [0.1, 0.15) is 4.88 Å². The van der Waals surface area contributed by atoms with Crippen LogP contribution in [-0.4, -0.2) is 59.5 Å². The molecule has 0 aliphatic carbocycles. The van der Waals surface area contributed by atoms with E-state index in [0.29, 0.717) is 32.1 Å². The fourth-order valence-corrected chi connectivity index (χ4v) is 3.14. The Labute approximate surface area is 143 Å². The maximum absolute atomic E-state index is 12.1. The summed E-state index contributed by atoms with van der Waals surface area (Å²) in [5.41, 5.74) is 0. The van der Waals surface area contributed by atoms with Crippen LogP contribution in [0.15, 0.2) is 36.0 Å². The molecular formula is C16H18N4O3S. The maximum Gasteiger partial charge on any atom is 0.311 e. The largest absolute Gasteiger partial charge is 0.455 e. The summed E-state index contributed by atoms with van der Waals surface area (Å²) in [4.78, 5) is 37.0. The number of esters is 1. The van der Waals surface area contributed by atoms with Crippen LogP contribution in [0.2, 0.25) is 0 Å². The molecule has 0 radical (unpaired) electrons. The molecule has 1 amide bonds. The molecule has 1 aliphatic rings. The molecule has 8 heteroatoms. The summed E-state index contributed by atoms with van der Waals surface area (Å²) >= 11 is 1.50. The first-order valence-electron chi connectivity index (χ1n) is 7.70. The van der Waals surface area contributed by atoms with E-state index in [4.69, 9.17) is 4.74 Å². The molecule has 3 heterocycles. The number of carbonyl (C=O) groups is 2. The van der Waals surface area contributed by atoms with Crippen LogP contribution in [0.25, 0.3) is 0 Å². The van der Waals surface area contributed by atoms with Gasteiger partial charge in [0.05, 0.1) is 6.42 Å². The van der Waals surface area contributed by atoms with Crippen molar-refractivity contribution in [3.63, 3.8) is 0 Å². The predicted molar refractivity (Wildman–Crippen MR) is 89.8 cm³/mol. The minimum Gasteiger partial charge on any atom is -0.455 e. The number of hydrogen-bond acceptors (Lipinski definition) is 7. The van der Waals surface area contributed by atoms with Gasteiger partial charge in [0.1, 0.15) is 0 Å². The Morgan fingerprint density at radius 3 is 2.54 bits per heavy atom. The zero-order chi connectivity index (χ0) is 16.8. The van der Waals surface area contributed by atoms with Gasteiger partial charge in [-0.15, -0.1) is 11.3 Å². The molecule has 7 nitrogen and oxygen atoms in total. The molecule has 1 aliphatic heterocycles. The van der Waals surface area contributed by atoms with Crippen molar-refractivity contribution >= 4 is 29.2 Å². The first-order valence-corrected chi connectivity index (χ1v) is 8.58. The van der Waals surface area contributed by atoms with Crippen LogP contribution in [-0.2, 0) is 20.7 Å². The average molecular weight is 346 g/mol. The van der Waals surface area contributed by atoms with Crippen molar-refractivity contribution in [2.24, 2.45) is 0 Å². The Hall–Kier alpha value is -2.48. The molecule has 0 bridgehead atoms. The summed E-state index contributed by atoms with van der Waals surface area (Å²) in [6.45, 7) is 2.27. The first-order chi connectivity index (χ1) is 11.7. The smallest absolute Gasteiger partial charge is 0.311 e. The monoisotopic (exact) mass is 346 g/mol. The lowest BCUT2D eigenvalue weighted by Gasteiger charge is -2.34. The van der Waals surface area contributed by atoms with Gasteiger partial charge in [-0.25, -0.2) is 9.97 Å². The molecule has 2 aromatic heterocycles. The molecule has 0 unspecified atom stereocenters. The zero-order valence-corrected chi connectivity index (χ0v) is 13.9. The average Bonchev–Trinajstić information content (AvgIpc) is 3.13. The van der Waals surface area contributed by atoms with Gasteiger partial charge < -0.3 is 14.5 Å². The molecule has 24 heavy (non-hydrogen) atoms. The van der Waals surface area contributed by atoms with Crippen molar-refractivity contribution in [2.45, 2.75) is 6.42 Å². The van der Waals surface area contributed by atoms with Gasteiger partial charge in [-0.3, -0.25) is 9.59 Å². The molecule has 1 fully saturated rings. The fraction of sp³-hybridized carbons (Fsp3) is 0.375. The number of thiophene rings is 1. The van der Waals surface area contributed by atoms with Crippen molar-refractivity contribution in [1.82, 2.24) is 14.9 Å². The van der Waals surface area contributed by atoms with Crippen molar-refractivity contribution in [3.8, 4) is 0 Å². The van der Waals surface area contributed by atoms with Crippen LogP contribution in [0, 0.1) is 0 Å². The third-order valence-electron chi connectivity index (χ3n) is 3.72. The summed E-state index contributed by atoms with van der Waals surface area (Å²) in [5.74, 6) is 0.136. The summed E-state index contributed by atoms with van der Waals surface area (Å²) in [7, 11) is 0. The maximum atomic E-state index is 12.1. The highest BCUT2D eigenvalue weighted by Gasteiger charge is 2.23. The van der Waals surface area contributed by atoms with Crippen LogP contribution < -0.4 is 4.90 Å². The van der Waals surface area contributed by atoms with Gasteiger partial charge in [-0.1, -0.05) is 6.07 Å². The summed E-state index contributed by atoms with van der Waals surface area (Å²) in [5, 5.41) is 1.91. The van der Waals surface area contributed by atoms with E-state index in [1.165, 1.54) is 11.3 Å². The summed E-state index contributed by atoms with van der Waals surface area (Å²) in [6.07, 6.45) is 3.61. The first kappa shape index (κ1) is 16.4. The molecule has 1 saturated heterocycles. The standard InChI is InChI=1S/C16H18N4O3S/c21-14(12-23-15(22)11-13-3-1-10-24-13)19-6-8-20(9-7-19)16-17-4-2-5-18-16/h1-5,10H,6-9,11-12H2. The highest BCUT2D eigenvalue weighted by atomic mass is 32.1. The lowest BCUT2D eigenvalue weighted by atomic mass is 10.3. The van der Waals surface area contributed by atoms with Gasteiger partial charge in [-0.05, 0) is 17.5 Å². The minimum atomic E-state index is -0.373. The highest BCUT2D eigenvalue weighted by molar-refractivity contribution is 7.10. The van der Waals surface area contributed by atoms with Gasteiger partial charge in [0.15, 0.2) is 6.61 Å². The SMILES string of the molecule is O=C(Cc1cccs1)OCC(=O)N1CCN(c2ncccn2)CC1. The van der Waals surface area contributed by atoms with Crippen molar-refractivity contribution in [3.05, 3.63) is 40.8 Å². The molecule has 0 aromatic carbocycles. The van der Waals surface area contributed by atoms with E-state index in [-0.39, 0.29) is 24.9 Å². The van der Waals surface area contributed by atoms with E-state index in [2.05, 4.69) is 9.97 Å². The molecule has 0 atom stereocenters. The summed E-state index contributed by atoms with van der Waals surface area (Å²) in [6, 6.07) is 5.53. The number of ether oxygens (including phenoxy) is 1. The van der Waals surface area contributed by atoms with E-state index in [1.54, 1.807) is 23.4 Å². The number of hydrogen-bond donors (Lipinski definition) is 0. The topological polar surface area (TPSA) is 75.6 Å². The Balaban J connectivity index is 1.41. The fourth-order valence-electron chi connectivity index (χ4n) is 2.45. The van der Waals surface area contributed by atoms with Crippen LogP contribution >= 0.6 is 11.3 Å². The number of rotatable bonds is 5. The van der Waals surface area contributed by atoms with Crippen molar-refractivity contribution < 1.29 is 14.3 Å². The van der Waals surface area contributed by atoms with Crippen LogP contribution in [0.3, 0.4) is 0 Å². The number of aromatic nitrogens is 2. The quantitative estimate of drug-likeness (QED) is 0.751. The molecule has 126 valence electrons. The Kier molecular flexibility index (Phi) is 5.37. The number of piperazine rings is 1. The van der Waals surface area contributed by atoms with Gasteiger partial charge in [-0.2, -0.15) is 0 Å². The van der Waals surface area contributed by atoms with Crippen LogP contribution in [0.4, 0.5) is 5.95 Å². The van der Waals surface area contributed by atoms with Crippen molar-refractivity contribution in [2.75, 3.05) is 37.7 Å². The Morgan fingerprint density at radius 2 is 1.88 bits per heavy atom. The van der Waals surface area contributed by atoms with E-state index in [1.807, 2.05) is 22.4 Å². The number of anilines is 1. The second-order valence-corrected chi connectivity index (χ2v) is 6.37. The Morgan fingerprint density at radius 1 is 1.12 bits per heavy atom. The second-order valence-electron chi connectivity index (χ2n) is 5.33. The number of amides is 1. The second kappa shape index (κ2) is 7.87. The van der Waals surface area contributed by atoms with E-state index >= 15 is 0 Å². The molecular weight excluding hydrogens is 328 g/mol. The van der Waals surface area contributed by atoms with E-state index < -0.39 is 0 Å².